The van der Waals surface area contributed by atoms with Crippen molar-refractivity contribution in [3.8, 4) is 82.1 Å². The quantitative estimate of drug-likeness (QED) is 0.272. The van der Waals surface area contributed by atoms with Gasteiger partial charge in [0.1, 0.15) is 16.1 Å². The average molecular weight is 483 g/mol. The van der Waals surface area contributed by atoms with Crippen LogP contribution in [0.4, 0.5) is 0 Å². The van der Waals surface area contributed by atoms with E-state index in [1.807, 2.05) is 0 Å². The third kappa shape index (κ3) is 8.61. The zero-order valence-corrected chi connectivity index (χ0v) is 25.5. The van der Waals surface area contributed by atoms with Crippen molar-refractivity contribution in [1.82, 2.24) is 0 Å². The summed E-state index contributed by atoms with van der Waals surface area (Å²) in [4.78, 5) is 0. The molecule has 0 heterocycles. The SMILES string of the molecule is CC(C)[Si](C#CC#CC#CC#CC#CC#CC#C[Si](C(C)C)(C(C)C)C(C)C)(C(C)C)C(C)C. The van der Waals surface area contributed by atoms with Crippen LogP contribution < -0.4 is 0 Å². The molecule has 34 heavy (non-hydrogen) atoms. The molecule has 0 rings (SSSR count). The Bertz CT molecular complexity index is 978. The van der Waals surface area contributed by atoms with Crippen LogP contribution in [-0.2, 0) is 0 Å². The molecule has 0 aliphatic rings. The summed E-state index contributed by atoms with van der Waals surface area (Å²) < 4.78 is 0. The second-order valence-corrected chi connectivity index (χ2v) is 21.7. The zero-order valence-electron chi connectivity index (χ0n) is 23.5. The largest absolute Gasteiger partial charge is 0.147 e. The van der Waals surface area contributed by atoms with Crippen LogP contribution in [0.25, 0.3) is 0 Å². The maximum atomic E-state index is 3.56. The molecule has 0 bridgehead atoms. The van der Waals surface area contributed by atoms with Gasteiger partial charge in [-0.3, -0.25) is 0 Å². The fourth-order valence-electron chi connectivity index (χ4n) is 5.46. The van der Waals surface area contributed by atoms with Gasteiger partial charge in [0, 0.05) is 0 Å². The second-order valence-electron chi connectivity index (χ2n) is 10.5. The zero-order chi connectivity index (χ0) is 26.4. The highest BCUT2D eigenvalue weighted by atomic mass is 28.3. The maximum Gasteiger partial charge on any atom is 0.147 e. The van der Waals surface area contributed by atoms with E-state index in [4.69, 9.17) is 0 Å². The van der Waals surface area contributed by atoms with Crippen LogP contribution in [-0.4, -0.2) is 16.1 Å². The smallest absolute Gasteiger partial charge is 0.116 e. The summed E-state index contributed by atoms with van der Waals surface area (Å²) in [5.74, 6) is 33.7. The predicted octanol–water partition coefficient (Wildman–Crippen LogP) is 7.45. The van der Waals surface area contributed by atoms with Gasteiger partial charge in [-0.15, -0.1) is 11.1 Å². The molecule has 0 aromatic rings. The molecule has 0 aromatic heterocycles. The molecule has 0 unspecified atom stereocenters. The number of hydrogen-bond acceptors (Lipinski definition) is 0. The van der Waals surface area contributed by atoms with Crippen LogP contribution in [0.3, 0.4) is 0 Å². The molecule has 0 amide bonds. The second kappa shape index (κ2) is 15.3. The van der Waals surface area contributed by atoms with Crippen molar-refractivity contribution in [2.24, 2.45) is 0 Å². The third-order valence-corrected chi connectivity index (χ3v) is 19.6. The maximum absolute atomic E-state index is 3.56. The average Bonchev–Trinajstić information content (AvgIpc) is 2.71. The molecule has 2 heteroatoms. The Labute approximate surface area is 214 Å². The van der Waals surface area contributed by atoms with E-state index in [0.717, 1.165) is 0 Å². The van der Waals surface area contributed by atoms with Crippen molar-refractivity contribution >= 4 is 16.1 Å². The topological polar surface area (TPSA) is 0 Å². The molecule has 178 valence electrons. The van der Waals surface area contributed by atoms with Gasteiger partial charge in [0.15, 0.2) is 0 Å². The highest BCUT2D eigenvalue weighted by molar-refractivity contribution is 6.91. The lowest BCUT2D eigenvalue weighted by Gasteiger charge is -2.37. The summed E-state index contributed by atoms with van der Waals surface area (Å²) in [5, 5.41) is 0. The van der Waals surface area contributed by atoms with Gasteiger partial charge in [-0.1, -0.05) is 83.1 Å². The van der Waals surface area contributed by atoms with Gasteiger partial charge in [-0.2, -0.15) is 0 Å². The molecule has 0 spiro atoms. The molecular weight excluding hydrogens is 441 g/mol. The van der Waals surface area contributed by atoms with Crippen LogP contribution in [0.2, 0.25) is 33.2 Å². The molecule has 0 saturated heterocycles. The van der Waals surface area contributed by atoms with E-state index in [-0.39, 0.29) is 0 Å². The van der Waals surface area contributed by atoms with E-state index >= 15 is 0 Å². The van der Waals surface area contributed by atoms with Crippen molar-refractivity contribution < 1.29 is 0 Å². The van der Waals surface area contributed by atoms with Crippen LogP contribution in [0, 0.1) is 82.1 Å². The van der Waals surface area contributed by atoms with Crippen molar-refractivity contribution in [3.05, 3.63) is 0 Å². The first-order chi connectivity index (χ1) is 15.9. The molecule has 0 N–H and O–H groups in total. The monoisotopic (exact) mass is 482 g/mol. The minimum atomic E-state index is -1.73. The summed E-state index contributed by atoms with van der Waals surface area (Å²) in [6.07, 6.45) is 0. The number of hydrogen-bond donors (Lipinski definition) is 0. The van der Waals surface area contributed by atoms with E-state index < -0.39 is 16.1 Å². The fourth-order valence-corrected chi connectivity index (χ4v) is 15.7. The van der Waals surface area contributed by atoms with Crippen molar-refractivity contribution in [2.45, 2.75) is 116 Å². The summed E-state index contributed by atoms with van der Waals surface area (Å²) in [5.41, 5.74) is 10.7. The first-order valence-electron chi connectivity index (χ1n) is 12.4. The van der Waals surface area contributed by atoms with Gasteiger partial charge in [-0.25, -0.2) is 0 Å². The lowest BCUT2D eigenvalue weighted by Crippen LogP contribution is -2.43. The molecule has 0 nitrogen and oxygen atoms in total. The standard InChI is InChI=1S/C32H42Si2/c1-27(2)33(28(3)4,29(5)6)25-23-21-19-17-15-13-14-16-18-20-22-24-26-34(30(7)8,31(9)10)32(11)12/h27-32H,1-12H3. The first kappa shape index (κ1) is 31.4. The highest BCUT2D eigenvalue weighted by Gasteiger charge is 2.42. The fraction of sp³-hybridized carbons (Fsp3) is 0.562. The minimum Gasteiger partial charge on any atom is -0.116 e. The van der Waals surface area contributed by atoms with E-state index in [2.05, 4.69) is 165 Å². The van der Waals surface area contributed by atoms with E-state index in [9.17, 15) is 0 Å². The lowest BCUT2D eigenvalue weighted by molar-refractivity contribution is 0.838. The molecule has 0 atom stereocenters. The van der Waals surface area contributed by atoms with Gasteiger partial charge in [0.05, 0.1) is 0 Å². The van der Waals surface area contributed by atoms with Gasteiger partial charge < -0.3 is 0 Å². The predicted molar refractivity (Wildman–Crippen MR) is 157 cm³/mol. The molecule has 0 fully saturated rings. The van der Waals surface area contributed by atoms with E-state index in [1.165, 1.54) is 0 Å². The van der Waals surface area contributed by atoms with Crippen LogP contribution in [0.1, 0.15) is 83.1 Å². The molecule has 0 aliphatic carbocycles. The van der Waals surface area contributed by atoms with Crippen molar-refractivity contribution in [1.29, 1.82) is 0 Å². The van der Waals surface area contributed by atoms with Crippen LogP contribution in [0.15, 0.2) is 0 Å². The Hall–Kier alpha value is -2.65. The Balaban J connectivity index is 5.28. The number of rotatable bonds is 6. The minimum absolute atomic E-state index is 0.594. The molecular formula is C32H42Si2. The van der Waals surface area contributed by atoms with E-state index in [0.29, 0.717) is 33.2 Å². The van der Waals surface area contributed by atoms with Crippen molar-refractivity contribution in [2.75, 3.05) is 0 Å². The Morgan fingerprint density at radius 2 is 0.412 bits per heavy atom. The lowest BCUT2D eigenvalue weighted by atomic mass is 10.5. The third-order valence-electron chi connectivity index (χ3n) is 6.98. The normalized spacial score (nSPS) is 10.3. The molecule has 0 saturated carbocycles. The Kier molecular flexibility index (Phi) is 14.1. The summed E-state index contributed by atoms with van der Waals surface area (Å²) >= 11 is 0. The molecule has 0 aromatic carbocycles. The first-order valence-corrected chi connectivity index (χ1v) is 16.9. The Morgan fingerprint density at radius 3 is 0.559 bits per heavy atom. The Morgan fingerprint density at radius 1 is 0.265 bits per heavy atom. The van der Waals surface area contributed by atoms with Gasteiger partial charge in [0.2, 0.25) is 0 Å². The van der Waals surface area contributed by atoms with Gasteiger partial charge >= 0.3 is 0 Å². The van der Waals surface area contributed by atoms with Crippen molar-refractivity contribution in [3.63, 3.8) is 0 Å². The highest BCUT2D eigenvalue weighted by Crippen LogP contribution is 2.41. The van der Waals surface area contributed by atoms with Gasteiger partial charge in [0.25, 0.3) is 0 Å². The summed E-state index contributed by atoms with van der Waals surface area (Å²) in [6.45, 7) is 27.5. The van der Waals surface area contributed by atoms with Crippen LogP contribution >= 0.6 is 0 Å². The molecule has 0 aliphatic heterocycles. The molecule has 0 radical (unpaired) electrons. The van der Waals surface area contributed by atoms with E-state index in [1.54, 1.807) is 0 Å². The summed E-state index contributed by atoms with van der Waals surface area (Å²) in [7, 11) is -3.47. The summed E-state index contributed by atoms with van der Waals surface area (Å²) in [6, 6.07) is 0. The van der Waals surface area contributed by atoms with Crippen LogP contribution in [0.5, 0.6) is 0 Å². The van der Waals surface area contributed by atoms with Gasteiger partial charge in [-0.05, 0) is 104 Å².